The first kappa shape index (κ1) is 20.4. The third kappa shape index (κ3) is 4.74. The summed E-state index contributed by atoms with van der Waals surface area (Å²) < 4.78 is 5.13. The Morgan fingerprint density at radius 1 is 1.04 bits per heavy atom. The molecule has 0 spiro atoms. The van der Waals surface area contributed by atoms with Crippen molar-refractivity contribution in [1.29, 1.82) is 0 Å². The average molecular weight is 381 g/mol. The molecule has 0 radical (unpaired) electrons. The lowest BCUT2D eigenvalue weighted by atomic mass is 9.78. The molecule has 0 bridgehead atoms. The van der Waals surface area contributed by atoms with E-state index in [1.165, 1.54) is 18.4 Å². The van der Waals surface area contributed by atoms with E-state index in [0.29, 0.717) is 0 Å². The number of carbonyl (C=O) groups excluding carboxylic acids is 1. The monoisotopic (exact) mass is 380 g/mol. The number of ether oxygens (including phenoxy) is 1. The molecular weight excluding hydrogens is 348 g/mol. The van der Waals surface area contributed by atoms with Gasteiger partial charge in [-0.25, -0.2) is 0 Å². The maximum atomic E-state index is 12.5. The van der Waals surface area contributed by atoms with Gasteiger partial charge in [-0.15, -0.1) is 0 Å². The molecule has 0 aromatic heterocycles. The Hall–Kier alpha value is -2.33. The van der Waals surface area contributed by atoms with Gasteiger partial charge >= 0.3 is 5.97 Å². The zero-order valence-electron chi connectivity index (χ0n) is 17.4. The topological polar surface area (TPSA) is 32.8 Å². The van der Waals surface area contributed by atoms with Crippen LogP contribution < -0.4 is 4.90 Å². The molecule has 0 aliphatic carbocycles. The molecule has 0 amide bonds. The zero-order chi connectivity index (χ0) is 20.0. The number of methoxy groups -OCH3 is 1. The quantitative estimate of drug-likeness (QED) is 0.679. The van der Waals surface area contributed by atoms with Gasteiger partial charge in [0.1, 0.15) is 0 Å². The second-order valence-electron chi connectivity index (χ2n) is 7.96. The van der Waals surface area contributed by atoms with E-state index in [1.807, 2.05) is 37.3 Å². The van der Waals surface area contributed by atoms with Crippen molar-refractivity contribution in [3.8, 4) is 0 Å². The van der Waals surface area contributed by atoms with Crippen LogP contribution in [0.1, 0.15) is 30.9 Å². The van der Waals surface area contributed by atoms with Crippen LogP contribution in [0, 0.1) is 6.92 Å². The van der Waals surface area contributed by atoms with Gasteiger partial charge in [0.15, 0.2) is 0 Å². The highest BCUT2D eigenvalue weighted by Crippen LogP contribution is 2.30. The van der Waals surface area contributed by atoms with Crippen LogP contribution in [-0.4, -0.2) is 50.7 Å². The molecule has 3 rings (SSSR count). The van der Waals surface area contributed by atoms with Crippen molar-refractivity contribution in [3.63, 3.8) is 0 Å². The van der Waals surface area contributed by atoms with Crippen molar-refractivity contribution in [3.05, 3.63) is 65.7 Å². The van der Waals surface area contributed by atoms with Crippen molar-refractivity contribution in [2.24, 2.45) is 0 Å². The van der Waals surface area contributed by atoms with Crippen LogP contribution >= 0.6 is 0 Å². The number of piperazine rings is 1. The molecule has 0 saturated carbocycles. The molecule has 1 atom stereocenters. The molecule has 4 heteroatoms. The molecule has 2 aromatic carbocycles. The van der Waals surface area contributed by atoms with Gasteiger partial charge in [0.05, 0.1) is 12.5 Å². The summed E-state index contributed by atoms with van der Waals surface area (Å²) in [5, 5.41) is 0. The van der Waals surface area contributed by atoms with E-state index in [2.05, 4.69) is 41.0 Å². The number of anilines is 1. The van der Waals surface area contributed by atoms with Crippen molar-refractivity contribution in [1.82, 2.24) is 4.90 Å². The van der Waals surface area contributed by atoms with Crippen molar-refractivity contribution in [2.75, 3.05) is 44.7 Å². The minimum Gasteiger partial charge on any atom is -0.468 e. The Bertz CT molecular complexity index is 769. The van der Waals surface area contributed by atoms with Gasteiger partial charge in [-0.1, -0.05) is 42.5 Å². The van der Waals surface area contributed by atoms with Crippen LogP contribution in [0.25, 0.3) is 0 Å². The van der Waals surface area contributed by atoms with E-state index in [9.17, 15) is 4.79 Å². The molecule has 1 heterocycles. The van der Waals surface area contributed by atoms with Crippen LogP contribution in [0.2, 0.25) is 0 Å². The molecule has 1 unspecified atom stereocenters. The molecule has 0 N–H and O–H groups in total. The summed E-state index contributed by atoms with van der Waals surface area (Å²) in [6.45, 7) is 9.39. The highest BCUT2D eigenvalue weighted by molar-refractivity contribution is 5.82. The van der Waals surface area contributed by atoms with Crippen molar-refractivity contribution >= 4 is 11.7 Å². The predicted octanol–water partition coefficient (Wildman–Crippen LogP) is 4.03. The van der Waals surface area contributed by atoms with Crippen LogP contribution in [-0.2, 0) is 14.9 Å². The van der Waals surface area contributed by atoms with E-state index in [4.69, 9.17) is 4.74 Å². The maximum absolute atomic E-state index is 12.5. The van der Waals surface area contributed by atoms with E-state index < -0.39 is 5.41 Å². The molecule has 28 heavy (non-hydrogen) atoms. The Labute approximate surface area is 169 Å². The normalized spacial score (nSPS) is 17.2. The Morgan fingerprint density at radius 3 is 2.39 bits per heavy atom. The highest BCUT2D eigenvalue weighted by atomic mass is 16.5. The first-order valence-electron chi connectivity index (χ1n) is 10.2. The third-order valence-electron chi connectivity index (χ3n) is 5.94. The lowest BCUT2D eigenvalue weighted by molar-refractivity contribution is -0.147. The molecule has 4 nitrogen and oxygen atoms in total. The van der Waals surface area contributed by atoms with Gasteiger partial charge in [-0.3, -0.25) is 9.69 Å². The number of carbonyl (C=O) groups is 1. The number of hydrogen-bond donors (Lipinski definition) is 0. The smallest absolute Gasteiger partial charge is 0.315 e. The van der Waals surface area contributed by atoms with Gasteiger partial charge in [-0.2, -0.15) is 0 Å². The maximum Gasteiger partial charge on any atom is 0.315 e. The van der Waals surface area contributed by atoms with E-state index in [1.54, 1.807) is 0 Å². The molecule has 150 valence electrons. The summed E-state index contributed by atoms with van der Waals surface area (Å²) in [7, 11) is 1.48. The molecular formula is C24H32N2O2. The van der Waals surface area contributed by atoms with Crippen molar-refractivity contribution < 1.29 is 9.53 Å². The number of benzene rings is 2. The van der Waals surface area contributed by atoms with Crippen LogP contribution in [0.15, 0.2) is 54.6 Å². The predicted molar refractivity (Wildman–Crippen MR) is 115 cm³/mol. The number of aryl methyl sites for hydroxylation is 1. The standard InChI is InChI=1S/C24H32N2O2/c1-20-9-7-12-22(19-20)26-17-15-25(16-18-26)14-8-13-24(2,23(27)28-3)21-10-5-4-6-11-21/h4-7,9-12,19H,8,13-18H2,1-3H3. The Balaban J connectivity index is 1.52. The van der Waals surface area contributed by atoms with E-state index >= 15 is 0 Å². The van der Waals surface area contributed by atoms with Gasteiger partial charge in [0, 0.05) is 31.9 Å². The Kier molecular flexibility index (Phi) is 6.74. The summed E-state index contributed by atoms with van der Waals surface area (Å²) in [6, 6.07) is 18.7. The molecule has 1 saturated heterocycles. The number of hydrogen-bond acceptors (Lipinski definition) is 4. The first-order valence-corrected chi connectivity index (χ1v) is 10.2. The number of rotatable bonds is 7. The minimum atomic E-state index is -0.584. The summed E-state index contributed by atoms with van der Waals surface area (Å²) in [5.41, 5.74) is 3.08. The lowest BCUT2D eigenvalue weighted by Gasteiger charge is -2.37. The first-order chi connectivity index (χ1) is 13.5. The van der Waals surface area contributed by atoms with Gasteiger partial charge < -0.3 is 9.64 Å². The van der Waals surface area contributed by atoms with Crippen LogP contribution in [0.3, 0.4) is 0 Å². The number of nitrogens with zero attached hydrogens (tertiary/aromatic N) is 2. The molecule has 1 aliphatic rings. The second-order valence-corrected chi connectivity index (χ2v) is 7.96. The summed E-state index contributed by atoms with van der Waals surface area (Å²) >= 11 is 0. The largest absolute Gasteiger partial charge is 0.468 e. The highest BCUT2D eigenvalue weighted by Gasteiger charge is 2.35. The fourth-order valence-electron chi connectivity index (χ4n) is 4.11. The molecule has 1 aliphatic heterocycles. The fourth-order valence-corrected chi connectivity index (χ4v) is 4.11. The SMILES string of the molecule is COC(=O)C(C)(CCCN1CCN(c2cccc(C)c2)CC1)c1ccccc1. The summed E-state index contributed by atoms with van der Waals surface area (Å²) in [6.07, 6.45) is 1.77. The van der Waals surface area contributed by atoms with Crippen LogP contribution in [0.4, 0.5) is 5.69 Å². The Morgan fingerprint density at radius 2 is 1.75 bits per heavy atom. The van der Waals surface area contributed by atoms with Gasteiger partial charge in [0.2, 0.25) is 0 Å². The third-order valence-corrected chi connectivity index (χ3v) is 5.94. The second kappa shape index (κ2) is 9.24. The fraction of sp³-hybridized carbons (Fsp3) is 0.458. The van der Waals surface area contributed by atoms with E-state index in [-0.39, 0.29) is 5.97 Å². The molecule has 2 aromatic rings. The van der Waals surface area contributed by atoms with Crippen molar-refractivity contribution in [2.45, 2.75) is 32.1 Å². The van der Waals surface area contributed by atoms with Gasteiger partial charge in [0.25, 0.3) is 0 Å². The van der Waals surface area contributed by atoms with Crippen LogP contribution in [0.5, 0.6) is 0 Å². The summed E-state index contributed by atoms with van der Waals surface area (Å²) in [4.78, 5) is 17.5. The zero-order valence-corrected chi connectivity index (χ0v) is 17.4. The molecule has 1 fully saturated rings. The van der Waals surface area contributed by atoms with E-state index in [0.717, 1.165) is 51.1 Å². The van der Waals surface area contributed by atoms with Gasteiger partial charge in [-0.05, 0) is 56.5 Å². The summed E-state index contributed by atoms with van der Waals surface area (Å²) in [5.74, 6) is -0.150. The average Bonchev–Trinajstić information content (AvgIpc) is 2.74. The lowest BCUT2D eigenvalue weighted by Crippen LogP contribution is -2.47. The number of esters is 1. The minimum absolute atomic E-state index is 0.150.